The highest BCUT2D eigenvalue weighted by molar-refractivity contribution is 6.65. The quantitative estimate of drug-likeness (QED) is 0.669. The van der Waals surface area contributed by atoms with E-state index in [1.807, 2.05) is 18.2 Å². The molecule has 0 N–H and O–H groups in total. The highest BCUT2D eigenvalue weighted by Crippen LogP contribution is 2.39. The topological polar surface area (TPSA) is 17.1 Å². The van der Waals surface area contributed by atoms with Crippen molar-refractivity contribution in [3.63, 3.8) is 0 Å². The van der Waals surface area contributed by atoms with Crippen LogP contribution >= 0.6 is 11.6 Å². The van der Waals surface area contributed by atoms with E-state index < -0.39 is 0 Å². The Morgan fingerprint density at radius 3 is 2.67 bits per heavy atom. The van der Waals surface area contributed by atoms with Crippen molar-refractivity contribution in [1.82, 2.24) is 0 Å². The number of hydrogen-bond donors (Lipinski definition) is 0. The molecule has 15 heavy (non-hydrogen) atoms. The van der Waals surface area contributed by atoms with Crippen molar-refractivity contribution in [1.29, 1.82) is 0 Å². The maximum absolute atomic E-state index is 11.3. The average Bonchev–Trinajstić information content (AvgIpc) is 2.61. The van der Waals surface area contributed by atoms with E-state index in [-0.39, 0.29) is 11.2 Å². The molecule has 74 valence electrons. The summed E-state index contributed by atoms with van der Waals surface area (Å²) in [5, 5.41) is 2.17. The van der Waals surface area contributed by atoms with E-state index in [4.69, 9.17) is 11.6 Å². The summed E-state index contributed by atoms with van der Waals surface area (Å²) < 4.78 is 0. The zero-order valence-corrected chi connectivity index (χ0v) is 8.79. The molecule has 1 unspecified atom stereocenters. The number of carbonyl (C=O) groups is 1. The maximum Gasteiger partial charge on any atom is 0.229 e. The first-order chi connectivity index (χ1) is 7.27. The summed E-state index contributed by atoms with van der Waals surface area (Å²) in [7, 11) is 0. The van der Waals surface area contributed by atoms with Gasteiger partial charge in [0.1, 0.15) is 0 Å². The van der Waals surface area contributed by atoms with Crippen molar-refractivity contribution >= 4 is 27.6 Å². The third-order valence-electron chi connectivity index (χ3n) is 3.10. The first-order valence-corrected chi connectivity index (χ1v) is 5.35. The molecule has 1 nitrogen and oxygen atoms in total. The molecular weight excluding hydrogens is 208 g/mol. The van der Waals surface area contributed by atoms with E-state index in [1.165, 1.54) is 16.3 Å². The van der Waals surface area contributed by atoms with Crippen molar-refractivity contribution in [2.45, 2.75) is 12.3 Å². The summed E-state index contributed by atoms with van der Waals surface area (Å²) in [6.45, 7) is 0. The Balaban J connectivity index is 2.36. The number of rotatable bonds is 1. The number of hydrogen-bond acceptors (Lipinski definition) is 1. The second-order valence-corrected chi connectivity index (χ2v) is 4.30. The number of carbonyl (C=O) groups excluding carboxylic acids is 1. The fraction of sp³-hybridized carbons (Fsp3) is 0.154. The number of halogens is 1. The molecule has 0 spiro atoms. The van der Waals surface area contributed by atoms with Gasteiger partial charge in [0.25, 0.3) is 0 Å². The molecule has 2 aromatic carbocycles. The lowest BCUT2D eigenvalue weighted by molar-refractivity contribution is -0.112. The van der Waals surface area contributed by atoms with Gasteiger partial charge >= 0.3 is 0 Å². The zero-order valence-electron chi connectivity index (χ0n) is 8.03. The fourth-order valence-electron chi connectivity index (χ4n) is 2.44. The average molecular weight is 217 g/mol. The van der Waals surface area contributed by atoms with E-state index in [1.54, 1.807) is 0 Å². The Labute approximate surface area is 92.7 Å². The van der Waals surface area contributed by atoms with Crippen LogP contribution in [0.15, 0.2) is 36.4 Å². The lowest BCUT2D eigenvalue weighted by Gasteiger charge is -2.04. The second kappa shape index (κ2) is 3.07. The first kappa shape index (κ1) is 8.93. The van der Waals surface area contributed by atoms with Gasteiger partial charge in [-0.1, -0.05) is 36.4 Å². The Morgan fingerprint density at radius 1 is 1.20 bits per heavy atom. The van der Waals surface area contributed by atoms with Gasteiger partial charge in [0, 0.05) is 0 Å². The molecule has 1 aliphatic carbocycles. The molecule has 0 heterocycles. The SMILES string of the molecule is O=C(Cl)C1Cc2cccc3cccc1c23. The Bertz CT molecular complexity index is 554. The lowest BCUT2D eigenvalue weighted by atomic mass is 10.0. The second-order valence-electron chi connectivity index (χ2n) is 3.92. The smallest absolute Gasteiger partial charge is 0.229 e. The fourth-order valence-corrected chi connectivity index (χ4v) is 2.64. The van der Waals surface area contributed by atoms with Crippen LogP contribution < -0.4 is 0 Å². The van der Waals surface area contributed by atoms with Gasteiger partial charge in [-0.15, -0.1) is 0 Å². The molecular formula is C13H9ClO. The largest absolute Gasteiger partial charge is 0.281 e. The summed E-state index contributed by atoms with van der Waals surface area (Å²) in [5.74, 6) is -0.146. The van der Waals surface area contributed by atoms with Crippen LogP contribution in [0.25, 0.3) is 10.8 Å². The van der Waals surface area contributed by atoms with Gasteiger partial charge in [0.15, 0.2) is 0 Å². The van der Waals surface area contributed by atoms with Gasteiger partial charge in [0.05, 0.1) is 5.92 Å². The van der Waals surface area contributed by atoms with E-state index >= 15 is 0 Å². The molecule has 0 fully saturated rings. The normalized spacial score (nSPS) is 18.3. The van der Waals surface area contributed by atoms with Crippen LogP contribution in [0.4, 0.5) is 0 Å². The van der Waals surface area contributed by atoms with Crippen molar-refractivity contribution in [3.05, 3.63) is 47.5 Å². The highest BCUT2D eigenvalue weighted by atomic mass is 35.5. The predicted molar refractivity (Wildman–Crippen MR) is 61.3 cm³/mol. The van der Waals surface area contributed by atoms with Crippen LogP contribution in [0.3, 0.4) is 0 Å². The summed E-state index contributed by atoms with van der Waals surface area (Å²) in [5.41, 5.74) is 2.32. The van der Waals surface area contributed by atoms with Crippen molar-refractivity contribution in [2.75, 3.05) is 0 Å². The van der Waals surface area contributed by atoms with Crippen LogP contribution in [0.2, 0.25) is 0 Å². The van der Waals surface area contributed by atoms with Gasteiger partial charge in [0.2, 0.25) is 5.24 Å². The molecule has 0 radical (unpaired) electrons. The molecule has 0 saturated carbocycles. The minimum atomic E-state index is -0.251. The number of benzene rings is 2. The standard InChI is InChI=1S/C13H9ClO/c14-13(15)11-7-9-5-1-3-8-4-2-6-10(11)12(8)9/h1-6,11H,7H2. The Hall–Kier alpha value is -1.34. The Kier molecular flexibility index (Phi) is 1.83. The van der Waals surface area contributed by atoms with Crippen molar-refractivity contribution < 1.29 is 4.79 Å². The van der Waals surface area contributed by atoms with E-state index in [2.05, 4.69) is 18.2 Å². The third kappa shape index (κ3) is 1.20. The molecule has 2 aromatic rings. The van der Waals surface area contributed by atoms with Crippen LogP contribution in [0.1, 0.15) is 17.0 Å². The molecule has 0 saturated heterocycles. The minimum Gasteiger partial charge on any atom is -0.281 e. The summed E-state index contributed by atoms with van der Waals surface area (Å²) in [6, 6.07) is 12.2. The van der Waals surface area contributed by atoms with E-state index in [9.17, 15) is 4.79 Å². The van der Waals surface area contributed by atoms with Gasteiger partial charge in [-0.25, -0.2) is 0 Å². The molecule has 0 bridgehead atoms. The molecule has 2 heteroatoms. The first-order valence-electron chi connectivity index (χ1n) is 4.97. The van der Waals surface area contributed by atoms with E-state index in [0.717, 1.165) is 12.0 Å². The van der Waals surface area contributed by atoms with Crippen LogP contribution in [-0.2, 0) is 11.2 Å². The summed E-state index contributed by atoms with van der Waals surface area (Å²) in [4.78, 5) is 11.3. The summed E-state index contributed by atoms with van der Waals surface area (Å²) >= 11 is 5.62. The van der Waals surface area contributed by atoms with Crippen LogP contribution in [0.5, 0.6) is 0 Å². The van der Waals surface area contributed by atoms with Crippen LogP contribution in [0, 0.1) is 0 Å². The molecule has 1 aliphatic rings. The van der Waals surface area contributed by atoms with Crippen LogP contribution in [-0.4, -0.2) is 5.24 Å². The monoisotopic (exact) mass is 216 g/mol. The maximum atomic E-state index is 11.3. The lowest BCUT2D eigenvalue weighted by Crippen LogP contribution is -2.04. The zero-order chi connectivity index (χ0) is 10.4. The van der Waals surface area contributed by atoms with Gasteiger partial charge in [-0.05, 0) is 39.9 Å². The molecule has 0 aliphatic heterocycles. The van der Waals surface area contributed by atoms with Crippen molar-refractivity contribution in [2.24, 2.45) is 0 Å². The van der Waals surface area contributed by atoms with E-state index in [0.29, 0.717) is 0 Å². The predicted octanol–water partition coefficient (Wildman–Crippen LogP) is 3.24. The molecule has 3 rings (SSSR count). The van der Waals surface area contributed by atoms with Gasteiger partial charge in [-0.2, -0.15) is 0 Å². The minimum absolute atomic E-state index is 0.146. The Morgan fingerprint density at radius 2 is 1.93 bits per heavy atom. The van der Waals surface area contributed by atoms with Gasteiger partial charge < -0.3 is 0 Å². The molecule has 0 aromatic heterocycles. The summed E-state index contributed by atoms with van der Waals surface area (Å²) in [6.07, 6.45) is 0.749. The highest BCUT2D eigenvalue weighted by Gasteiger charge is 2.28. The van der Waals surface area contributed by atoms with Crippen molar-refractivity contribution in [3.8, 4) is 0 Å². The molecule has 1 atom stereocenters. The van der Waals surface area contributed by atoms with Gasteiger partial charge in [-0.3, -0.25) is 4.79 Å². The third-order valence-corrected chi connectivity index (χ3v) is 3.36. The molecule has 0 amide bonds.